The van der Waals surface area contributed by atoms with Crippen LogP contribution in [0, 0.1) is 0 Å². The molecule has 16 heavy (non-hydrogen) atoms. The number of imidazole rings is 1. The SMILES string of the molecule is CC(C)n1c(Cl)cnc1-c1ccc(Cl)cc1. The molecule has 4 heteroatoms. The molecule has 0 amide bonds. The third kappa shape index (κ3) is 2.08. The molecule has 0 atom stereocenters. The van der Waals surface area contributed by atoms with E-state index in [0.717, 1.165) is 16.4 Å². The number of rotatable bonds is 2. The van der Waals surface area contributed by atoms with Crippen LogP contribution < -0.4 is 0 Å². The molecule has 1 heterocycles. The first kappa shape index (κ1) is 11.5. The lowest BCUT2D eigenvalue weighted by Gasteiger charge is -2.12. The average molecular weight is 255 g/mol. The molecule has 0 radical (unpaired) electrons. The average Bonchev–Trinajstić information content (AvgIpc) is 2.61. The summed E-state index contributed by atoms with van der Waals surface area (Å²) in [4.78, 5) is 4.32. The zero-order valence-corrected chi connectivity index (χ0v) is 10.6. The Morgan fingerprint density at radius 1 is 1.12 bits per heavy atom. The molecule has 1 aromatic carbocycles. The zero-order valence-electron chi connectivity index (χ0n) is 9.11. The molecule has 0 bridgehead atoms. The van der Waals surface area contributed by atoms with Crippen molar-refractivity contribution in [3.63, 3.8) is 0 Å². The summed E-state index contributed by atoms with van der Waals surface area (Å²) in [6.07, 6.45) is 1.67. The minimum absolute atomic E-state index is 0.278. The zero-order chi connectivity index (χ0) is 11.7. The van der Waals surface area contributed by atoms with Crippen molar-refractivity contribution in [1.82, 2.24) is 9.55 Å². The van der Waals surface area contributed by atoms with Crippen LogP contribution in [0.2, 0.25) is 10.2 Å². The van der Waals surface area contributed by atoms with Gasteiger partial charge < -0.3 is 4.57 Å². The van der Waals surface area contributed by atoms with E-state index < -0.39 is 0 Å². The molecule has 84 valence electrons. The summed E-state index contributed by atoms with van der Waals surface area (Å²) in [6.45, 7) is 4.15. The van der Waals surface area contributed by atoms with Crippen molar-refractivity contribution in [2.75, 3.05) is 0 Å². The summed E-state index contributed by atoms with van der Waals surface area (Å²) >= 11 is 11.9. The second-order valence-corrected chi connectivity index (χ2v) is 4.70. The molecule has 0 aliphatic rings. The predicted molar refractivity (Wildman–Crippen MR) is 68.1 cm³/mol. The van der Waals surface area contributed by atoms with Gasteiger partial charge in [0.15, 0.2) is 0 Å². The molecule has 2 rings (SSSR count). The molecule has 1 aromatic heterocycles. The monoisotopic (exact) mass is 254 g/mol. The van der Waals surface area contributed by atoms with E-state index >= 15 is 0 Å². The van der Waals surface area contributed by atoms with Gasteiger partial charge in [-0.2, -0.15) is 0 Å². The number of benzene rings is 1. The topological polar surface area (TPSA) is 17.8 Å². The minimum Gasteiger partial charge on any atom is -0.313 e. The van der Waals surface area contributed by atoms with Crippen LogP contribution in [0.25, 0.3) is 11.4 Å². The number of hydrogen-bond donors (Lipinski definition) is 0. The number of halogens is 2. The van der Waals surface area contributed by atoms with Gasteiger partial charge >= 0.3 is 0 Å². The number of hydrogen-bond acceptors (Lipinski definition) is 1. The molecular formula is C12H12Cl2N2. The summed E-state index contributed by atoms with van der Waals surface area (Å²) in [5.41, 5.74) is 1.02. The van der Waals surface area contributed by atoms with Gasteiger partial charge in [-0.05, 0) is 38.1 Å². The van der Waals surface area contributed by atoms with Crippen molar-refractivity contribution in [1.29, 1.82) is 0 Å². The Kier molecular flexibility index (Phi) is 3.22. The number of aromatic nitrogens is 2. The third-order valence-electron chi connectivity index (χ3n) is 2.37. The second-order valence-electron chi connectivity index (χ2n) is 3.88. The van der Waals surface area contributed by atoms with E-state index in [0.29, 0.717) is 5.15 Å². The van der Waals surface area contributed by atoms with Gasteiger partial charge in [0.2, 0.25) is 0 Å². The maximum atomic E-state index is 6.10. The molecule has 2 aromatic rings. The Hall–Kier alpha value is -0.990. The molecule has 2 nitrogen and oxygen atoms in total. The first-order valence-corrected chi connectivity index (χ1v) is 5.84. The lowest BCUT2D eigenvalue weighted by Crippen LogP contribution is -2.03. The molecule has 0 aliphatic heterocycles. The van der Waals surface area contributed by atoms with E-state index in [1.807, 2.05) is 28.8 Å². The van der Waals surface area contributed by atoms with Gasteiger partial charge in [0.1, 0.15) is 11.0 Å². The molecule has 0 unspecified atom stereocenters. The molecule has 0 N–H and O–H groups in total. The summed E-state index contributed by atoms with van der Waals surface area (Å²) in [5.74, 6) is 0.872. The molecule has 0 saturated carbocycles. The standard InChI is InChI=1S/C12H12Cl2N2/c1-8(2)16-11(14)7-15-12(16)9-3-5-10(13)6-4-9/h3-8H,1-2H3. The van der Waals surface area contributed by atoms with Gasteiger partial charge in [0.25, 0.3) is 0 Å². The van der Waals surface area contributed by atoms with Gasteiger partial charge in [0, 0.05) is 16.6 Å². The molecule has 0 saturated heterocycles. The highest BCUT2D eigenvalue weighted by atomic mass is 35.5. The molecule has 0 spiro atoms. The maximum Gasteiger partial charge on any atom is 0.141 e. The van der Waals surface area contributed by atoms with E-state index in [1.165, 1.54) is 0 Å². The first-order chi connectivity index (χ1) is 7.59. The largest absolute Gasteiger partial charge is 0.313 e. The fourth-order valence-electron chi connectivity index (χ4n) is 1.64. The Morgan fingerprint density at radius 2 is 1.75 bits per heavy atom. The van der Waals surface area contributed by atoms with Crippen molar-refractivity contribution < 1.29 is 0 Å². The molecule has 0 fully saturated rings. The van der Waals surface area contributed by atoms with E-state index in [1.54, 1.807) is 6.20 Å². The smallest absolute Gasteiger partial charge is 0.141 e. The van der Waals surface area contributed by atoms with Crippen molar-refractivity contribution >= 4 is 23.2 Å². The van der Waals surface area contributed by atoms with Crippen LogP contribution in [0.1, 0.15) is 19.9 Å². The highest BCUT2D eigenvalue weighted by Crippen LogP contribution is 2.27. The Morgan fingerprint density at radius 3 is 2.31 bits per heavy atom. The summed E-state index contributed by atoms with van der Waals surface area (Å²) in [5, 5.41) is 1.37. The van der Waals surface area contributed by atoms with Crippen LogP contribution in [-0.2, 0) is 0 Å². The van der Waals surface area contributed by atoms with Crippen molar-refractivity contribution in [2.45, 2.75) is 19.9 Å². The van der Waals surface area contributed by atoms with Gasteiger partial charge in [-0.1, -0.05) is 23.2 Å². The summed E-state index contributed by atoms with van der Waals surface area (Å²) in [6, 6.07) is 7.87. The predicted octanol–water partition coefficient (Wildman–Crippen LogP) is 4.44. The van der Waals surface area contributed by atoms with Crippen LogP contribution in [0.15, 0.2) is 30.5 Å². The first-order valence-electron chi connectivity index (χ1n) is 5.08. The van der Waals surface area contributed by atoms with Gasteiger partial charge in [-0.15, -0.1) is 0 Å². The quantitative estimate of drug-likeness (QED) is 0.775. The van der Waals surface area contributed by atoms with E-state index in [-0.39, 0.29) is 6.04 Å². The molecular weight excluding hydrogens is 243 g/mol. The molecule has 0 aliphatic carbocycles. The fourth-order valence-corrected chi connectivity index (χ4v) is 2.09. The Bertz CT molecular complexity index is 486. The van der Waals surface area contributed by atoms with E-state index in [2.05, 4.69) is 18.8 Å². The van der Waals surface area contributed by atoms with Crippen molar-refractivity contribution in [3.05, 3.63) is 40.6 Å². The third-order valence-corrected chi connectivity index (χ3v) is 2.90. The summed E-state index contributed by atoms with van der Waals surface area (Å²) < 4.78 is 1.99. The van der Waals surface area contributed by atoms with E-state index in [9.17, 15) is 0 Å². The van der Waals surface area contributed by atoms with Gasteiger partial charge in [0.05, 0.1) is 6.20 Å². The van der Waals surface area contributed by atoms with Crippen LogP contribution in [0.3, 0.4) is 0 Å². The summed E-state index contributed by atoms with van der Waals surface area (Å²) in [7, 11) is 0. The fraction of sp³-hybridized carbons (Fsp3) is 0.250. The van der Waals surface area contributed by atoms with Crippen LogP contribution >= 0.6 is 23.2 Å². The lowest BCUT2D eigenvalue weighted by molar-refractivity contribution is 0.607. The van der Waals surface area contributed by atoms with E-state index in [4.69, 9.17) is 23.2 Å². The maximum absolute atomic E-state index is 6.10. The van der Waals surface area contributed by atoms with Crippen LogP contribution in [0.5, 0.6) is 0 Å². The second kappa shape index (κ2) is 4.48. The lowest BCUT2D eigenvalue weighted by atomic mass is 10.2. The Balaban J connectivity index is 2.52. The van der Waals surface area contributed by atoms with Gasteiger partial charge in [-0.3, -0.25) is 0 Å². The van der Waals surface area contributed by atoms with Crippen LogP contribution in [-0.4, -0.2) is 9.55 Å². The number of nitrogens with zero attached hydrogens (tertiary/aromatic N) is 2. The highest BCUT2D eigenvalue weighted by Gasteiger charge is 2.12. The highest BCUT2D eigenvalue weighted by molar-refractivity contribution is 6.30. The Labute approximate surface area is 105 Å². The van der Waals surface area contributed by atoms with Crippen molar-refractivity contribution in [2.24, 2.45) is 0 Å². The normalized spacial score (nSPS) is 11.1. The van der Waals surface area contributed by atoms with Gasteiger partial charge in [-0.25, -0.2) is 4.98 Å². The minimum atomic E-state index is 0.278. The van der Waals surface area contributed by atoms with Crippen LogP contribution in [0.4, 0.5) is 0 Å². The van der Waals surface area contributed by atoms with Crippen molar-refractivity contribution in [3.8, 4) is 11.4 Å².